The fourth-order valence-electron chi connectivity index (χ4n) is 1.94. The van der Waals surface area contributed by atoms with E-state index in [4.69, 9.17) is 18.6 Å². The number of carbonyl (C=O) groups is 1. The summed E-state index contributed by atoms with van der Waals surface area (Å²) in [5.41, 5.74) is 2.49. The van der Waals surface area contributed by atoms with Crippen molar-refractivity contribution >= 4 is 18.0 Å². The highest BCUT2D eigenvalue weighted by Gasteiger charge is 2.17. The number of rotatable bonds is 7. The second-order valence-electron chi connectivity index (χ2n) is 4.55. The lowest BCUT2D eigenvalue weighted by Crippen LogP contribution is -2.18. The summed E-state index contributed by atoms with van der Waals surface area (Å²) in [4.78, 5) is 22.0. The van der Waals surface area contributed by atoms with Crippen molar-refractivity contribution < 1.29 is 28.3 Å². The maximum Gasteiger partial charge on any atom is 0.433 e. The largest absolute Gasteiger partial charge is 0.493 e. The van der Waals surface area contributed by atoms with Crippen LogP contribution in [0.5, 0.6) is 17.2 Å². The zero-order chi connectivity index (χ0) is 18.4. The van der Waals surface area contributed by atoms with E-state index in [9.17, 15) is 14.9 Å². The zero-order valence-electron chi connectivity index (χ0n) is 13.6. The number of hydrogen-bond acceptors (Lipinski definition) is 8. The van der Waals surface area contributed by atoms with E-state index >= 15 is 0 Å². The standard InChI is InChI=1S/C15H15N3O7/c1-22-11-6-9(7-12(23-2)14(11)24-3)15(19)17-16-8-10-4-5-13(25-10)18(20)21/h4-8H,1-3H3,(H,17,19). The third-order valence-corrected chi connectivity index (χ3v) is 3.08. The summed E-state index contributed by atoms with van der Waals surface area (Å²) in [5.74, 6) is 0.147. The van der Waals surface area contributed by atoms with Crippen LogP contribution < -0.4 is 19.6 Å². The SMILES string of the molecule is COc1cc(C(=O)NN=Cc2ccc([N+](=O)[O-])o2)cc(OC)c1OC. The minimum absolute atomic E-state index is 0.122. The van der Waals surface area contributed by atoms with E-state index < -0.39 is 16.7 Å². The molecule has 1 aromatic carbocycles. The molecule has 0 saturated heterocycles. The van der Waals surface area contributed by atoms with Gasteiger partial charge in [0.05, 0.1) is 33.6 Å². The summed E-state index contributed by atoms with van der Waals surface area (Å²) in [5, 5.41) is 14.2. The molecule has 0 saturated carbocycles. The predicted octanol–water partition coefficient (Wildman–Crippen LogP) is 1.98. The van der Waals surface area contributed by atoms with Crippen LogP contribution in [0.2, 0.25) is 0 Å². The molecule has 0 radical (unpaired) electrons. The van der Waals surface area contributed by atoms with Gasteiger partial charge in [0.1, 0.15) is 4.92 Å². The first-order valence-corrected chi connectivity index (χ1v) is 6.87. The van der Waals surface area contributed by atoms with E-state index in [2.05, 4.69) is 10.5 Å². The van der Waals surface area contributed by atoms with Crippen LogP contribution in [0.3, 0.4) is 0 Å². The molecule has 0 atom stereocenters. The number of ether oxygens (including phenoxy) is 3. The second-order valence-corrected chi connectivity index (χ2v) is 4.55. The number of nitrogens with zero attached hydrogens (tertiary/aromatic N) is 2. The Morgan fingerprint density at radius 2 is 1.84 bits per heavy atom. The van der Waals surface area contributed by atoms with Crippen molar-refractivity contribution in [3.8, 4) is 17.2 Å². The lowest BCUT2D eigenvalue weighted by atomic mass is 10.1. The molecule has 1 heterocycles. The topological polar surface area (TPSA) is 125 Å². The Morgan fingerprint density at radius 1 is 1.20 bits per heavy atom. The third kappa shape index (κ3) is 4.05. The molecule has 1 N–H and O–H groups in total. The number of amides is 1. The molecular formula is C15H15N3O7. The smallest absolute Gasteiger partial charge is 0.433 e. The van der Waals surface area contributed by atoms with Gasteiger partial charge >= 0.3 is 5.88 Å². The number of carbonyl (C=O) groups excluding carboxylic acids is 1. The average molecular weight is 349 g/mol. The maximum atomic E-state index is 12.2. The fourth-order valence-corrected chi connectivity index (χ4v) is 1.94. The van der Waals surface area contributed by atoms with Gasteiger partial charge < -0.3 is 18.6 Å². The number of nitrogens with one attached hydrogen (secondary N) is 1. The average Bonchev–Trinajstić information content (AvgIpc) is 3.09. The number of nitro groups is 1. The monoisotopic (exact) mass is 349 g/mol. The van der Waals surface area contributed by atoms with Gasteiger partial charge in [0.25, 0.3) is 5.91 Å². The highest BCUT2D eigenvalue weighted by atomic mass is 16.6. The summed E-state index contributed by atoms with van der Waals surface area (Å²) in [6, 6.07) is 5.46. The van der Waals surface area contributed by atoms with Crippen LogP contribution in [0.15, 0.2) is 33.8 Å². The van der Waals surface area contributed by atoms with Crippen LogP contribution in [0.4, 0.5) is 5.88 Å². The molecule has 0 bridgehead atoms. The molecule has 0 fully saturated rings. The van der Waals surface area contributed by atoms with Gasteiger partial charge in [0.15, 0.2) is 17.3 Å². The van der Waals surface area contributed by atoms with E-state index in [1.807, 2.05) is 0 Å². The first-order chi connectivity index (χ1) is 12.0. The number of hydrazone groups is 1. The second kappa shape index (κ2) is 7.81. The fraction of sp³-hybridized carbons (Fsp3) is 0.200. The molecule has 2 aromatic rings. The summed E-state index contributed by atoms with van der Waals surface area (Å²) in [6.07, 6.45) is 1.14. The van der Waals surface area contributed by atoms with Crippen LogP contribution in [-0.4, -0.2) is 38.4 Å². The first-order valence-electron chi connectivity index (χ1n) is 6.87. The highest BCUT2D eigenvalue weighted by molar-refractivity contribution is 5.96. The minimum Gasteiger partial charge on any atom is -0.493 e. The maximum absolute atomic E-state index is 12.2. The zero-order valence-corrected chi connectivity index (χ0v) is 13.6. The molecule has 1 amide bonds. The molecule has 0 aliphatic carbocycles. The van der Waals surface area contributed by atoms with Gasteiger partial charge in [0.2, 0.25) is 5.75 Å². The highest BCUT2D eigenvalue weighted by Crippen LogP contribution is 2.38. The van der Waals surface area contributed by atoms with Crippen molar-refractivity contribution in [2.24, 2.45) is 5.10 Å². The van der Waals surface area contributed by atoms with Crippen LogP contribution in [0.1, 0.15) is 16.1 Å². The minimum atomic E-state index is -0.675. The Morgan fingerprint density at radius 3 is 2.32 bits per heavy atom. The van der Waals surface area contributed by atoms with Gasteiger partial charge in [-0.05, 0) is 18.2 Å². The van der Waals surface area contributed by atoms with E-state index in [-0.39, 0.29) is 11.3 Å². The van der Waals surface area contributed by atoms with Crippen molar-refractivity contribution in [1.82, 2.24) is 5.43 Å². The lowest BCUT2D eigenvalue weighted by Gasteiger charge is -2.13. The summed E-state index contributed by atoms with van der Waals surface area (Å²) in [6.45, 7) is 0. The molecule has 0 spiro atoms. The van der Waals surface area contributed by atoms with Crippen molar-refractivity contribution in [3.63, 3.8) is 0 Å². The molecule has 2 rings (SSSR count). The quantitative estimate of drug-likeness (QED) is 0.460. The number of furan rings is 1. The van der Waals surface area contributed by atoms with Crippen molar-refractivity contribution in [3.05, 3.63) is 45.7 Å². The Balaban J connectivity index is 2.14. The van der Waals surface area contributed by atoms with Crippen LogP contribution in [-0.2, 0) is 0 Å². The van der Waals surface area contributed by atoms with Gasteiger partial charge in [-0.15, -0.1) is 0 Å². The molecule has 10 nitrogen and oxygen atoms in total. The molecule has 10 heteroatoms. The van der Waals surface area contributed by atoms with E-state index in [1.54, 1.807) is 0 Å². The summed E-state index contributed by atoms with van der Waals surface area (Å²) < 4.78 is 20.4. The Kier molecular flexibility index (Phi) is 5.56. The Hall–Kier alpha value is -3.56. The van der Waals surface area contributed by atoms with Gasteiger partial charge in [-0.2, -0.15) is 5.10 Å². The third-order valence-electron chi connectivity index (χ3n) is 3.08. The van der Waals surface area contributed by atoms with Gasteiger partial charge in [-0.1, -0.05) is 0 Å². The van der Waals surface area contributed by atoms with Crippen molar-refractivity contribution in [2.75, 3.05) is 21.3 Å². The van der Waals surface area contributed by atoms with Crippen LogP contribution >= 0.6 is 0 Å². The van der Waals surface area contributed by atoms with E-state index in [0.29, 0.717) is 17.2 Å². The molecule has 0 aliphatic rings. The number of methoxy groups -OCH3 is 3. The van der Waals surface area contributed by atoms with E-state index in [1.165, 1.54) is 45.6 Å². The van der Waals surface area contributed by atoms with E-state index in [0.717, 1.165) is 6.21 Å². The predicted molar refractivity (Wildman–Crippen MR) is 86.5 cm³/mol. The van der Waals surface area contributed by atoms with Crippen molar-refractivity contribution in [2.45, 2.75) is 0 Å². The summed E-state index contributed by atoms with van der Waals surface area (Å²) in [7, 11) is 4.31. The summed E-state index contributed by atoms with van der Waals surface area (Å²) >= 11 is 0. The number of benzene rings is 1. The number of hydrogen-bond donors (Lipinski definition) is 1. The van der Waals surface area contributed by atoms with Crippen LogP contribution in [0.25, 0.3) is 0 Å². The Bertz CT molecular complexity index is 788. The molecule has 25 heavy (non-hydrogen) atoms. The van der Waals surface area contributed by atoms with Gasteiger partial charge in [-0.25, -0.2) is 5.43 Å². The van der Waals surface area contributed by atoms with Gasteiger partial charge in [0, 0.05) is 5.56 Å². The molecule has 0 aliphatic heterocycles. The van der Waals surface area contributed by atoms with Crippen LogP contribution in [0, 0.1) is 10.1 Å². The molecular weight excluding hydrogens is 334 g/mol. The molecule has 132 valence electrons. The lowest BCUT2D eigenvalue weighted by molar-refractivity contribution is -0.402. The van der Waals surface area contributed by atoms with Gasteiger partial charge in [-0.3, -0.25) is 14.9 Å². The first kappa shape index (κ1) is 17.8. The normalized spacial score (nSPS) is 10.5. The van der Waals surface area contributed by atoms with Crippen molar-refractivity contribution in [1.29, 1.82) is 0 Å². The molecule has 1 aromatic heterocycles. The Labute approximate surface area is 142 Å². The molecule has 0 unspecified atom stereocenters.